The summed E-state index contributed by atoms with van der Waals surface area (Å²) in [5.74, 6) is 0.287. The molecule has 0 aliphatic carbocycles. The van der Waals surface area contributed by atoms with E-state index < -0.39 is 11.0 Å². The third kappa shape index (κ3) is 3.72. The van der Waals surface area contributed by atoms with Gasteiger partial charge in [0.15, 0.2) is 5.82 Å². The summed E-state index contributed by atoms with van der Waals surface area (Å²) < 4.78 is 0. The first-order valence-corrected chi connectivity index (χ1v) is 6.21. The van der Waals surface area contributed by atoms with Crippen molar-refractivity contribution in [2.45, 2.75) is 13.3 Å². The summed E-state index contributed by atoms with van der Waals surface area (Å²) in [6, 6.07) is 4.02. The summed E-state index contributed by atoms with van der Waals surface area (Å²) in [7, 11) is 0. The molecule has 0 aliphatic rings. The predicted molar refractivity (Wildman–Crippen MR) is 77.1 cm³/mol. The van der Waals surface area contributed by atoms with E-state index in [1.165, 1.54) is 24.7 Å². The zero-order valence-corrected chi connectivity index (χ0v) is 11.2. The molecule has 0 saturated carbocycles. The molecule has 8 heteroatoms. The van der Waals surface area contributed by atoms with E-state index in [0.717, 1.165) is 0 Å². The zero-order chi connectivity index (χ0) is 15.2. The minimum atomic E-state index is -0.547. The zero-order valence-electron chi connectivity index (χ0n) is 11.2. The minimum Gasteiger partial charge on any atom is -0.307 e. The van der Waals surface area contributed by atoms with Gasteiger partial charge in [0.05, 0.1) is 11.1 Å². The van der Waals surface area contributed by atoms with Gasteiger partial charge in [-0.3, -0.25) is 20.4 Å². The average molecular weight is 287 g/mol. The largest absolute Gasteiger partial charge is 0.324 e. The van der Waals surface area contributed by atoms with Crippen LogP contribution in [0.1, 0.15) is 12.5 Å². The summed E-state index contributed by atoms with van der Waals surface area (Å²) in [4.78, 5) is 30.0. The Labute approximate surface area is 120 Å². The first kappa shape index (κ1) is 14.4. The maximum Gasteiger partial charge on any atom is 0.324 e. The molecule has 0 bridgehead atoms. The summed E-state index contributed by atoms with van der Waals surface area (Å²) in [5.41, 5.74) is 0.926. The molecule has 0 spiro atoms. The van der Waals surface area contributed by atoms with E-state index in [9.17, 15) is 14.9 Å². The van der Waals surface area contributed by atoms with Crippen molar-refractivity contribution in [3.05, 3.63) is 52.5 Å². The van der Waals surface area contributed by atoms with Gasteiger partial charge in [0.25, 0.3) is 5.69 Å². The van der Waals surface area contributed by atoms with E-state index >= 15 is 0 Å². The molecule has 21 heavy (non-hydrogen) atoms. The van der Waals surface area contributed by atoms with Gasteiger partial charge in [0.1, 0.15) is 0 Å². The number of nitro groups is 1. The highest BCUT2D eigenvalue weighted by Gasteiger charge is 2.14. The fraction of sp³-hybridized carbons (Fsp3) is 0.154. The molecule has 2 N–H and O–H groups in total. The molecule has 0 radical (unpaired) electrons. The van der Waals surface area contributed by atoms with Crippen LogP contribution in [0.3, 0.4) is 0 Å². The number of rotatable bonds is 4. The van der Waals surface area contributed by atoms with Crippen LogP contribution in [0.15, 0.2) is 36.8 Å². The predicted octanol–water partition coefficient (Wildman–Crippen LogP) is 2.59. The second-order valence-corrected chi connectivity index (χ2v) is 4.12. The monoisotopic (exact) mass is 287 g/mol. The summed E-state index contributed by atoms with van der Waals surface area (Å²) in [6.07, 6.45) is 4.86. The van der Waals surface area contributed by atoms with E-state index in [1.807, 2.05) is 6.92 Å². The van der Waals surface area contributed by atoms with E-state index in [4.69, 9.17) is 0 Å². The molecule has 8 nitrogen and oxygen atoms in total. The molecule has 0 fully saturated rings. The Morgan fingerprint density at radius 1 is 1.33 bits per heavy atom. The van der Waals surface area contributed by atoms with Gasteiger partial charge in [-0.1, -0.05) is 13.0 Å². The minimum absolute atomic E-state index is 0.0187. The van der Waals surface area contributed by atoms with Gasteiger partial charge < -0.3 is 5.32 Å². The van der Waals surface area contributed by atoms with Crippen molar-refractivity contribution in [1.29, 1.82) is 0 Å². The molecule has 0 saturated heterocycles. The molecule has 1 aromatic heterocycles. The number of nitro benzene ring substituents is 1. The highest BCUT2D eigenvalue weighted by Crippen LogP contribution is 2.23. The van der Waals surface area contributed by atoms with Crippen LogP contribution in [0.5, 0.6) is 0 Å². The third-order valence-electron chi connectivity index (χ3n) is 2.73. The Morgan fingerprint density at radius 2 is 2.14 bits per heavy atom. The molecule has 0 unspecified atom stereocenters. The van der Waals surface area contributed by atoms with Crippen molar-refractivity contribution in [2.75, 3.05) is 10.6 Å². The highest BCUT2D eigenvalue weighted by molar-refractivity contribution is 5.99. The quantitative estimate of drug-likeness (QED) is 0.663. The number of aromatic nitrogens is 2. The van der Waals surface area contributed by atoms with Crippen molar-refractivity contribution in [2.24, 2.45) is 0 Å². The van der Waals surface area contributed by atoms with E-state index in [-0.39, 0.29) is 11.5 Å². The molecular formula is C13H13N5O3. The first-order chi connectivity index (χ1) is 10.1. The molecule has 1 aromatic carbocycles. The lowest BCUT2D eigenvalue weighted by Gasteiger charge is -2.07. The fourth-order valence-electron chi connectivity index (χ4n) is 1.75. The summed E-state index contributed by atoms with van der Waals surface area (Å²) >= 11 is 0. The number of urea groups is 1. The van der Waals surface area contributed by atoms with Crippen molar-refractivity contribution in [3.63, 3.8) is 0 Å². The maximum atomic E-state index is 11.8. The Hall–Kier alpha value is -3.03. The number of nitrogens with one attached hydrogen (secondary N) is 2. The summed E-state index contributed by atoms with van der Waals surface area (Å²) in [6.45, 7) is 1.83. The number of hydrogen-bond donors (Lipinski definition) is 2. The fourth-order valence-corrected chi connectivity index (χ4v) is 1.75. The normalized spacial score (nSPS) is 9.95. The highest BCUT2D eigenvalue weighted by atomic mass is 16.6. The SMILES string of the molecule is CCc1ccc(NC(=O)Nc2cnccn2)cc1[N+](=O)[O-]. The number of aryl methyl sites for hydroxylation is 1. The topological polar surface area (TPSA) is 110 Å². The van der Waals surface area contributed by atoms with Crippen molar-refractivity contribution >= 4 is 23.2 Å². The molecule has 2 amide bonds. The summed E-state index contributed by atoms with van der Waals surface area (Å²) in [5, 5.41) is 16.0. The van der Waals surface area contributed by atoms with Gasteiger partial charge in [-0.05, 0) is 12.5 Å². The van der Waals surface area contributed by atoms with Gasteiger partial charge >= 0.3 is 6.03 Å². The Balaban J connectivity index is 2.11. The second kappa shape index (κ2) is 6.42. The average Bonchev–Trinajstić information content (AvgIpc) is 2.48. The number of hydrogen-bond acceptors (Lipinski definition) is 5. The van der Waals surface area contributed by atoms with Gasteiger partial charge in [-0.25, -0.2) is 9.78 Å². The van der Waals surface area contributed by atoms with E-state index in [2.05, 4.69) is 20.6 Å². The van der Waals surface area contributed by atoms with Crippen molar-refractivity contribution in [1.82, 2.24) is 9.97 Å². The van der Waals surface area contributed by atoms with Crippen LogP contribution in [-0.4, -0.2) is 20.9 Å². The molecule has 1 heterocycles. The standard InChI is InChI=1S/C13H13N5O3/c1-2-9-3-4-10(7-11(9)18(20)21)16-13(19)17-12-8-14-5-6-15-12/h3-8H,2H2,1H3,(H2,15,16,17,19). The van der Waals surface area contributed by atoms with Crippen LogP contribution in [0, 0.1) is 10.1 Å². The molecule has 0 atom stereocenters. The Kier molecular flexibility index (Phi) is 4.39. The van der Waals surface area contributed by atoms with Gasteiger partial charge in [0.2, 0.25) is 0 Å². The van der Waals surface area contributed by atoms with Crippen LogP contribution in [0.2, 0.25) is 0 Å². The van der Waals surface area contributed by atoms with Crippen LogP contribution >= 0.6 is 0 Å². The number of benzene rings is 1. The van der Waals surface area contributed by atoms with Crippen molar-refractivity contribution in [3.8, 4) is 0 Å². The molecule has 2 rings (SSSR count). The van der Waals surface area contributed by atoms with Crippen LogP contribution < -0.4 is 10.6 Å². The molecular weight excluding hydrogens is 274 g/mol. The lowest BCUT2D eigenvalue weighted by molar-refractivity contribution is -0.385. The molecule has 2 aromatic rings. The molecule has 108 valence electrons. The second-order valence-electron chi connectivity index (χ2n) is 4.12. The van der Waals surface area contributed by atoms with Crippen LogP contribution in [-0.2, 0) is 6.42 Å². The number of carbonyl (C=O) groups excluding carboxylic acids is 1. The first-order valence-electron chi connectivity index (χ1n) is 6.21. The smallest absolute Gasteiger partial charge is 0.307 e. The third-order valence-corrected chi connectivity index (χ3v) is 2.73. The van der Waals surface area contributed by atoms with Crippen molar-refractivity contribution < 1.29 is 9.72 Å². The van der Waals surface area contributed by atoms with E-state index in [0.29, 0.717) is 17.7 Å². The Bertz CT molecular complexity index is 660. The van der Waals surface area contributed by atoms with Crippen LogP contribution in [0.4, 0.5) is 22.0 Å². The molecule has 0 aliphatic heterocycles. The maximum absolute atomic E-state index is 11.8. The number of anilines is 2. The van der Waals surface area contributed by atoms with E-state index in [1.54, 1.807) is 12.1 Å². The van der Waals surface area contributed by atoms with Gasteiger partial charge in [-0.15, -0.1) is 0 Å². The van der Waals surface area contributed by atoms with Crippen LogP contribution in [0.25, 0.3) is 0 Å². The Morgan fingerprint density at radius 3 is 2.76 bits per heavy atom. The number of carbonyl (C=O) groups is 1. The number of nitrogens with zero attached hydrogens (tertiary/aromatic N) is 3. The lowest BCUT2D eigenvalue weighted by atomic mass is 10.1. The van der Waals surface area contributed by atoms with Gasteiger partial charge in [0, 0.05) is 29.7 Å². The van der Waals surface area contributed by atoms with Gasteiger partial charge in [-0.2, -0.15) is 0 Å². The lowest BCUT2D eigenvalue weighted by Crippen LogP contribution is -2.20. The number of amides is 2.